The van der Waals surface area contributed by atoms with Crippen molar-refractivity contribution in [3.63, 3.8) is 0 Å². The van der Waals surface area contributed by atoms with Crippen LogP contribution in [0, 0.1) is 5.92 Å². The number of nitrogens with zero attached hydrogens (tertiary/aromatic N) is 1. The minimum Gasteiger partial charge on any atom is -0.351 e. The topological polar surface area (TPSA) is 167 Å². The third kappa shape index (κ3) is 15.4. The van der Waals surface area contributed by atoms with Crippen LogP contribution in [0.5, 0.6) is 0 Å². The highest BCUT2D eigenvalue weighted by atomic mass is 16.2. The van der Waals surface area contributed by atoms with Crippen LogP contribution in [0.15, 0.2) is 60.7 Å². The van der Waals surface area contributed by atoms with E-state index in [0.717, 1.165) is 45.1 Å². The first-order chi connectivity index (χ1) is 23.7. The van der Waals surface area contributed by atoms with Crippen LogP contribution in [0.4, 0.5) is 0 Å². The van der Waals surface area contributed by atoms with Crippen molar-refractivity contribution < 1.29 is 14.4 Å². The monoisotopic (exact) mass is 678 g/mol. The Morgan fingerprint density at radius 3 is 1.98 bits per heavy atom. The van der Waals surface area contributed by atoms with Gasteiger partial charge in [0, 0.05) is 63.9 Å². The fourth-order valence-corrected chi connectivity index (χ4v) is 6.46. The van der Waals surface area contributed by atoms with Crippen LogP contribution in [0.1, 0.15) is 63.5 Å². The van der Waals surface area contributed by atoms with Crippen LogP contribution in [0.2, 0.25) is 0 Å². The lowest BCUT2D eigenvalue weighted by Crippen LogP contribution is -2.55. The molecule has 272 valence electrons. The Morgan fingerprint density at radius 1 is 0.796 bits per heavy atom. The number of unbranched alkanes of at least 4 members (excludes halogenated alkanes) is 1. The van der Waals surface area contributed by atoms with E-state index in [1.165, 1.54) is 18.2 Å². The summed E-state index contributed by atoms with van der Waals surface area (Å²) in [4.78, 5) is 39.3. The highest BCUT2D eigenvalue weighted by molar-refractivity contribution is 6.35. The molecule has 4 atom stereocenters. The number of rotatable bonds is 21. The van der Waals surface area contributed by atoms with E-state index in [1.807, 2.05) is 17.0 Å². The van der Waals surface area contributed by atoms with Gasteiger partial charge >= 0.3 is 11.8 Å². The van der Waals surface area contributed by atoms with Gasteiger partial charge in [-0.3, -0.25) is 14.4 Å². The molecule has 1 fully saturated rings. The van der Waals surface area contributed by atoms with Crippen molar-refractivity contribution >= 4 is 17.7 Å². The molecule has 0 unspecified atom stereocenters. The second-order valence-electron chi connectivity index (χ2n) is 13.9. The zero-order chi connectivity index (χ0) is 35.4. The number of nitrogens with two attached hydrogens (primary N) is 2. The smallest absolute Gasteiger partial charge is 0.309 e. The average molecular weight is 679 g/mol. The van der Waals surface area contributed by atoms with Crippen molar-refractivity contribution in [1.29, 1.82) is 0 Å². The Morgan fingerprint density at radius 2 is 1.39 bits per heavy atom. The van der Waals surface area contributed by atoms with Gasteiger partial charge in [-0.2, -0.15) is 0 Å². The number of amides is 3. The first-order valence-corrected chi connectivity index (χ1v) is 18.2. The third-order valence-corrected chi connectivity index (χ3v) is 9.17. The average Bonchev–Trinajstić information content (AvgIpc) is 3.10. The van der Waals surface area contributed by atoms with E-state index in [9.17, 15) is 14.4 Å². The van der Waals surface area contributed by atoms with E-state index >= 15 is 0 Å². The summed E-state index contributed by atoms with van der Waals surface area (Å²) in [6.45, 7) is 8.29. The highest BCUT2D eigenvalue weighted by Gasteiger charge is 2.30. The van der Waals surface area contributed by atoms with Gasteiger partial charge < -0.3 is 43.0 Å². The van der Waals surface area contributed by atoms with E-state index in [2.05, 4.69) is 89.0 Å². The lowest BCUT2D eigenvalue weighted by molar-refractivity contribution is -0.140. The quantitative estimate of drug-likeness (QED) is 0.0774. The van der Waals surface area contributed by atoms with Crippen LogP contribution in [-0.4, -0.2) is 99.1 Å². The van der Waals surface area contributed by atoms with Gasteiger partial charge in [-0.15, -0.1) is 0 Å². The number of benzene rings is 2. The predicted molar refractivity (Wildman–Crippen MR) is 198 cm³/mol. The summed E-state index contributed by atoms with van der Waals surface area (Å²) in [6, 6.07) is 20.9. The predicted octanol–water partition coefficient (Wildman–Crippen LogP) is 1.70. The van der Waals surface area contributed by atoms with Gasteiger partial charge in [0.2, 0.25) is 5.91 Å². The summed E-state index contributed by atoms with van der Waals surface area (Å²) >= 11 is 0. The van der Waals surface area contributed by atoms with Crippen molar-refractivity contribution in [1.82, 2.24) is 31.5 Å². The maximum atomic E-state index is 13.8. The second kappa shape index (κ2) is 22.4. The van der Waals surface area contributed by atoms with E-state index < -0.39 is 11.8 Å². The minimum absolute atomic E-state index is 0.00580. The molecular weight excluding hydrogens is 616 g/mol. The molecule has 0 spiro atoms. The van der Waals surface area contributed by atoms with E-state index in [4.69, 9.17) is 11.5 Å². The third-order valence-electron chi connectivity index (χ3n) is 9.17. The Kier molecular flexibility index (Phi) is 18.3. The number of likely N-dealkylation sites (tertiary alicyclic amines) is 1. The molecular formula is C38H62N8O3. The molecule has 1 aliphatic heterocycles. The Hall–Kier alpha value is -3.35. The molecule has 0 aliphatic carbocycles. The number of likely N-dealkylation sites (N-methyl/N-ethyl adjacent to an activating group) is 1. The summed E-state index contributed by atoms with van der Waals surface area (Å²) in [6.07, 6.45) is 6.36. The number of piperidine rings is 1. The van der Waals surface area contributed by atoms with Crippen LogP contribution >= 0.6 is 0 Å². The molecule has 1 heterocycles. The zero-order valence-electron chi connectivity index (χ0n) is 30.0. The fraction of sp³-hybridized carbons (Fsp3) is 0.605. The lowest BCUT2D eigenvalue weighted by Gasteiger charge is -2.35. The summed E-state index contributed by atoms with van der Waals surface area (Å²) in [7, 11) is 1.44. The Balaban J connectivity index is 1.60. The number of nitrogens with one attached hydrogen (secondary N) is 5. The maximum absolute atomic E-state index is 13.8. The highest BCUT2D eigenvalue weighted by Crippen LogP contribution is 2.15. The number of hydrogen-bond donors (Lipinski definition) is 7. The molecule has 1 aliphatic rings. The largest absolute Gasteiger partial charge is 0.351 e. The van der Waals surface area contributed by atoms with Crippen molar-refractivity contribution in [2.24, 2.45) is 17.4 Å². The lowest BCUT2D eigenvalue weighted by atomic mass is 10.00. The van der Waals surface area contributed by atoms with Gasteiger partial charge in [-0.05, 0) is 68.5 Å². The first-order valence-electron chi connectivity index (χ1n) is 18.2. The number of carbonyl (C=O) groups is 3. The first kappa shape index (κ1) is 40.1. The molecule has 0 bridgehead atoms. The van der Waals surface area contributed by atoms with E-state index in [0.29, 0.717) is 51.5 Å². The maximum Gasteiger partial charge on any atom is 0.309 e. The SMILES string of the molecule is CNC(=O)C(=O)NC1CCN(C(=O)[C@@H](CCCCN)NC[C@@H](CC(C)C)NC[C@@H](Cc2ccccc2)NC[C@H](N)Cc2ccccc2)CC1. The molecule has 11 nitrogen and oxygen atoms in total. The number of hydrogen-bond acceptors (Lipinski definition) is 8. The molecule has 3 rings (SSSR count). The molecule has 0 aromatic heterocycles. The standard InChI is InChI=1S/C38H62N8O3/c1-28(2)22-33(43-26-34(24-30-14-8-5-9-15-30)42-25-31(40)23-29-12-6-4-7-13-29)27-44-35(16-10-11-19-39)38(49)46-20-17-32(18-21-46)45-37(48)36(47)41-3/h4-9,12-15,28,31-35,42-44H,10-11,16-27,39-40H2,1-3H3,(H,41,47)(H,45,48)/t31-,33-,34-,35-/m1/s1. The van der Waals surface area contributed by atoms with Crippen LogP contribution in [0.25, 0.3) is 0 Å². The van der Waals surface area contributed by atoms with Gasteiger partial charge in [0.15, 0.2) is 0 Å². The summed E-state index contributed by atoms with van der Waals surface area (Å²) in [5, 5.41) is 16.4. The molecule has 1 saturated heterocycles. The van der Waals surface area contributed by atoms with Crippen LogP contribution in [-0.2, 0) is 27.2 Å². The van der Waals surface area contributed by atoms with Crippen molar-refractivity contribution in [3.05, 3.63) is 71.8 Å². The molecule has 9 N–H and O–H groups in total. The summed E-state index contributed by atoms with van der Waals surface area (Å²) < 4.78 is 0. The molecule has 3 amide bonds. The Labute approximate surface area is 294 Å². The molecule has 2 aromatic carbocycles. The molecule has 11 heteroatoms. The van der Waals surface area contributed by atoms with Gasteiger partial charge in [0.1, 0.15) is 0 Å². The van der Waals surface area contributed by atoms with Gasteiger partial charge in [0.05, 0.1) is 6.04 Å². The Bertz CT molecular complexity index is 1220. The number of carbonyl (C=O) groups excluding carboxylic acids is 3. The zero-order valence-corrected chi connectivity index (χ0v) is 30.0. The summed E-state index contributed by atoms with van der Waals surface area (Å²) in [5.41, 5.74) is 14.9. The van der Waals surface area contributed by atoms with E-state index in [-0.39, 0.29) is 36.1 Å². The molecule has 0 saturated carbocycles. The van der Waals surface area contributed by atoms with E-state index in [1.54, 1.807) is 0 Å². The van der Waals surface area contributed by atoms with Crippen LogP contribution in [0.3, 0.4) is 0 Å². The summed E-state index contributed by atoms with van der Waals surface area (Å²) in [5.74, 6) is -0.712. The normalized spacial score (nSPS) is 16.2. The van der Waals surface area contributed by atoms with Crippen molar-refractivity contribution in [2.45, 2.75) is 95.4 Å². The van der Waals surface area contributed by atoms with Gasteiger partial charge in [0.25, 0.3) is 0 Å². The molecule has 0 radical (unpaired) electrons. The van der Waals surface area contributed by atoms with Crippen molar-refractivity contribution in [3.8, 4) is 0 Å². The van der Waals surface area contributed by atoms with Crippen molar-refractivity contribution in [2.75, 3.05) is 46.3 Å². The minimum atomic E-state index is -0.652. The fourth-order valence-electron chi connectivity index (χ4n) is 6.46. The second-order valence-corrected chi connectivity index (χ2v) is 13.9. The van der Waals surface area contributed by atoms with Crippen LogP contribution < -0.4 is 38.1 Å². The molecule has 49 heavy (non-hydrogen) atoms. The van der Waals surface area contributed by atoms with Gasteiger partial charge in [-0.25, -0.2) is 0 Å². The van der Waals surface area contributed by atoms with Gasteiger partial charge in [-0.1, -0.05) is 80.9 Å². The molecule has 2 aromatic rings.